The molecule has 1 aliphatic rings. The molecule has 0 radical (unpaired) electrons. The van der Waals surface area contributed by atoms with E-state index in [1.807, 2.05) is 43.0 Å². The summed E-state index contributed by atoms with van der Waals surface area (Å²) in [4.78, 5) is 14.6. The van der Waals surface area contributed by atoms with Crippen LogP contribution in [0.1, 0.15) is 49.0 Å². The van der Waals surface area contributed by atoms with Crippen molar-refractivity contribution in [1.82, 2.24) is 4.90 Å². The summed E-state index contributed by atoms with van der Waals surface area (Å²) in [5.74, 6) is 0.559. The monoisotopic (exact) mass is 319 g/mol. The first kappa shape index (κ1) is 18.0. The van der Waals surface area contributed by atoms with Gasteiger partial charge in [0.2, 0.25) is 0 Å². The lowest BCUT2D eigenvalue weighted by atomic mass is 9.97. The van der Waals surface area contributed by atoms with Gasteiger partial charge in [0, 0.05) is 25.8 Å². The van der Waals surface area contributed by atoms with Gasteiger partial charge in [-0.2, -0.15) is 0 Å². The molecule has 1 N–H and O–H groups in total. The molecule has 0 aliphatic carbocycles. The highest BCUT2D eigenvalue weighted by molar-refractivity contribution is 5.94. The number of rotatable bonds is 6. The van der Waals surface area contributed by atoms with Crippen molar-refractivity contribution in [2.24, 2.45) is 5.92 Å². The second-order valence-corrected chi connectivity index (χ2v) is 7.22. The van der Waals surface area contributed by atoms with Gasteiger partial charge in [0.15, 0.2) is 0 Å². The number of carbonyl (C=O) groups is 1. The van der Waals surface area contributed by atoms with Gasteiger partial charge in [-0.15, -0.1) is 0 Å². The fourth-order valence-electron chi connectivity index (χ4n) is 3.07. The van der Waals surface area contributed by atoms with Crippen molar-refractivity contribution in [2.45, 2.75) is 45.1 Å². The summed E-state index contributed by atoms with van der Waals surface area (Å²) < 4.78 is 5.23. The molecule has 1 aromatic rings. The Morgan fingerprint density at radius 2 is 2.04 bits per heavy atom. The van der Waals surface area contributed by atoms with Crippen molar-refractivity contribution >= 4 is 5.91 Å². The SMILES string of the molecule is COC[C@H]1CCCN(C(=O)c2ccc(CCC(C)(C)O)cc2)C1. The third-order valence-electron chi connectivity index (χ3n) is 4.43. The first-order valence-electron chi connectivity index (χ1n) is 8.48. The van der Waals surface area contributed by atoms with Crippen molar-refractivity contribution in [3.05, 3.63) is 35.4 Å². The molecule has 1 amide bonds. The maximum absolute atomic E-state index is 12.6. The van der Waals surface area contributed by atoms with E-state index in [1.54, 1.807) is 7.11 Å². The molecule has 1 atom stereocenters. The van der Waals surface area contributed by atoms with Gasteiger partial charge in [-0.3, -0.25) is 4.79 Å². The van der Waals surface area contributed by atoms with Crippen LogP contribution in [0.25, 0.3) is 0 Å². The Bertz CT molecular complexity index is 502. The zero-order valence-electron chi connectivity index (χ0n) is 14.5. The summed E-state index contributed by atoms with van der Waals surface area (Å²) in [6, 6.07) is 7.80. The highest BCUT2D eigenvalue weighted by atomic mass is 16.5. The lowest BCUT2D eigenvalue weighted by Crippen LogP contribution is -2.41. The van der Waals surface area contributed by atoms with E-state index in [0.29, 0.717) is 12.3 Å². The Kier molecular flexibility index (Phi) is 6.19. The summed E-state index contributed by atoms with van der Waals surface area (Å²) in [6.45, 7) is 5.97. The minimum absolute atomic E-state index is 0.111. The first-order valence-corrected chi connectivity index (χ1v) is 8.48. The molecular weight excluding hydrogens is 290 g/mol. The summed E-state index contributed by atoms with van der Waals surface area (Å²) >= 11 is 0. The van der Waals surface area contributed by atoms with E-state index in [9.17, 15) is 9.90 Å². The Balaban J connectivity index is 1.94. The highest BCUT2D eigenvalue weighted by Crippen LogP contribution is 2.20. The van der Waals surface area contributed by atoms with Crippen LogP contribution in [-0.4, -0.2) is 48.3 Å². The lowest BCUT2D eigenvalue weighted by molar-refractivity contribution is 0.0570. The molecule has 1 aliphatic heterocycles. The third-order valence-corrected chi connectivity index (χ3v) is 4.43. The minimum atomic E-state index is -0.654. The van der Waals surface area contributed by atoms with E-state index in [4.69, 9.17) is 4.74 Å². The average molecular weight is 319 g/mol. The number of methoxy groups -OCH3 is 1. The number of piperidine rings is 1. The van der Waals surface area contributed by atoms with Crippen LogP contribution in [0.2, 0.25) is 0 Å². The van der Waals surface area contributed by atoms with E-state index < -0.39 is 5.60 Å². The minimum Gasteiger partial charge on any atom is -0.390 e. The van der Waals surface area contributed by atoms with Gasteiger partial charge in [-0.05, 0) is 63.1 Å². The van der Waals surface area contributed by atoms with E-state index in [1.165, 1.54) is 0 Å². The number of hydrogen-bond donors (Lipinski definition) is 1. The van der Waals surface area contributed by atoms with Crippen molar-refractivity contribution in [3.63, 3.8) is 0 Å². The Labute approximate surface area is 139 Å². The highest BCUT2D eigenvalue weighted by Gasteiger charge is 2.24. The van der Waals surface area contributed by atoms with Gasteiger partial charge in [0.1, 0.15) is 0 Å². The maximum atomic E-state index is 12.6. The molecule has 0 spiro atoms. The lowest BCUT2D eigenvalue weighted by Gasteiger charge is -2.32. The number of nitrogens with zero attached hydrogens (tertiary/aromatic N) is 1. The van der Waals surface area contributed by atoms with Gasteiger partial charge >= 0.3 is 0 Å². The second-order valence-electron chi connectivity index (χ2n) is 7.22. The van der Waals surface area contributed by atoms with Crippen LogP contribution in [0.3, 0.4) is 0 Å². The molecule has 23 heavy (non-hydrogen) atoms. The molecule has 1 saturated heterocycles. The van der Waals surface area contributed by atoms with Crippen LogP contribution in [0.4, 0.5) is 0 Å². The number of benzene rings is 1. The Morgan fingerprint density at radius 3 is 2.65 bits per heavy atom. The number of aryl methyl sites for hydroxylation is 1. The van der Waals surface area contributed by atoms with Crippen molar-refractivity contribution < 1.29 is 14.6 Å². The molecule has 0 aromatic heterocycles. The first-order chi connectivity index (χ1) is 10.9. The quantitative estimate of drug-likeness (QED) is 0.877. The normalized spacial score (nSPS) is 19.0. The van der Waals surface area contributed by atoms with Crippen molar-refractivity contribution in [1.29, 1.82) is 0 Å². The van der Waals surface area contributed by atoms with Crippen LogP contribution in [0.15, 0.2) is 24.3 Å². The summed E-state index contributed by atoms with van der Waals surface area (Å²) in [5.41, 5.74) is 1.24. The molecule has 0 bridgehead atoms. The van der Waals surface area contributed by atoms with E-state index in [0.717, 1.165) is 50.1 Å². The molecule has 1 fully saturated rings. The molecule has 128 valence electrons. The summed E-state index contributed by atoms with van der Waals surface area (Å²) in [6.07, 6.45) is 3.71. The summed E-state index contributed by atoms with van der Waals surface area (Å²) in [7, 11) is 1.72. The molecule has 4 heteroatoms. The number of amides is 1. The fraction of sp³-hybridized carbons (Fsp3) is 0.632. The predicted molar refractivity (Wildman–Crippen MR) is 91.6 cm³/mol. The van der Waals surface area contributed by atoms with Crippen LogP contribution in [0, 0.1) is 5.92 Å². The van der Waals surface area contributed by atoms with E-state index in [-0.39, 0.29) is 5.91 Å². The number of carbonyl (C=O) groups excluding carboxylic acids is 1. The molecule has 1 aromatic carbocycles. The van der Waals surface area contributed by atoms with Gasteiger partial charge in [0.25, 0.3) is 5.91 Å². The summed E-state index contributed by atoms with van der Waals surface area (Å²) in [5, 5.41) is 9.79. The Morgan fingerprint density at radius 1 is 1.35 bits per heavy atom. The van der Waals surface area contributed by atoms with Gasteiger partial charge < -0.3 is 14.7 Å². The number of likely N-dealkylation sites (tertiary alicyclic amines) is 1. The third kappa shape index (κ3) is 5.63. The topological polar surface area (TPSA) is 49.8 Å². The Hall–Kier alpha value is -1.39. The van der Waals surface area contributed by atoms with Crippen LogP contribution in [0.5, 0.6) is 0 Å². The maximum Gasteiger partial charge on any atom is 0.253 e. The van der Waals surface area contributed by atoms with Crippen LogP contribution >= 0.6 is 0 Å². The molecule has 0 saturated carbocycles. The van der Waals surface area contributed by atoms with Crippen LogP contribution in [-0.2, 0) is 11.2 Å². The zero-order valence-corrected chi connectivity index (χ0v) is 14.5. The van der Waals surface area contributed by atoms with Crippen LogP contribution < -0.4 is 0 Å². The van der Waals surface area contributed by atoms with E-state index >= 15 is 0 Å². The molecule has 2 rings (SSSR count). The van der Waals surface area contributed by atoms with E-state index in [2.05, 4.69) is 0 Å². The van der Waals surface area contributed by atoms with Gasteiger partial charge in [0.05, 0.1) is 12.2 Å². The molecule has 0 unspecified atom stereocenters. The molecular formula is C19H29NO3. The standard InChI is InChI=1S/C19H29NO3/c1-19(2,22)11-10-15-6-8-17(9-7-15)18(21)20-12-4-5-16(13-20)14-23-3/h6-9,16,22H,4-5,10-14H2,1-3H3/t16-/m0/s1. The number of ether oxygens (including phenoxy) is 1. The van der Waals surface area contributed by atoms with Crippen molar-refractivity contribution in [2.75, 3.05) is 26.8 Å². The predicted octanol–water partition coefficient (Wildman–Crippen LogP) is 2.89. The van der Waals surface area contributed by atoms with Gasteiger partial charge in [-0.1, -0.05) is 12.1 Å². The number of hydrogen-bond acceptors (Lipinski definition) is 3. The molecule has 4 nitrogen and oxygen atoms in total. The smallest absolute Gasteiger partial charge is 0.253 e. The number of aliphatic hydroxyl groups is 1. The fourth-order valence-corrected chi connectivity index (χ4v) is 3.07. The second kappa shape index (κ2) is 7.93. The van der Waals surface area contributed by atoms with Crippen molar-refractivity contribution in [3.8, 4) is 0 Å². The molecule has 1 heterocycles. The average Bonchev–Trinajstić information content (AvgIpc) is 2.53. The van der Waals surface area contributed by atoms with Gasteiger partial charge in [-0.25, -0.2) is 0 Å². The zero-order chi connectivity index (χ0) is 16.9. The largest absolute Gasteiger partial charge is 0.390 e.